The van der Waals surface area contributed by atoms with Crippen molar-refractivity contribution in [3.05, 3.63) is 29.8 Å². The predicted octanol–water partition coefficient (Wildman–Crippen LogP) is 2.50. The molecule has 2 rings (SSSR count). The Morgan fingerprint density at radius 2 is 1.79 bits per heavy atom. The van der Waals surface area contributed by atoms with Gasteiger partial charge < -0.3 is 0 Å². The van der Waals surface area contributed by atoms with Crippen LogP contribution in [0.3, 0.4) is 0 Å². The first-order chi connectivity index (χ1) is 9.03. The van der Waals surface area contributed by atoms with Crippen LogP contribution in [-0.4, -0.2) is 20.2 Å². The highest BCUT2D eigenvalue weighted by atomic mass is 32.2. The highest BCUT2D eigenvalue weighted by molar-refractivity contribution is 7.89. The van der Waals surface area contributed by atoms with Crippen LogP contribution in [0.5, 0.6) is 0 Å². The molecule has 0 saturated heterocycles. The van der Waals surface area contributed by atoms with Gasteiger partial charge in [0.2, 0.25) is 10.0 Å². The van der Waals surface area contributed by atoms with Crippen molar-refractivity contribution in [2.75, 3.05) is 0 Å². The van der Waals surface area contributed by atoms with Crippen molar-refractivity contribution in [1.82, 2.24) is 4.72 Å². The lowest BCUT2D eigenvalue weighted by Crippen LogP contribution is -2.32. The van der Waals surface area contributed by atoms with Crippen molar-refractivity contribution in [2.24, 2.45) is 0 Å². The van der Waals surface area contributed by atoms with E-state index >= 15 is 0 Å². The van der Waals surface area contributed by atoms with Crippen molar-refractivity contribution in [3.8, 4) is 0 Å². The van der Waals surface area contributed by atoms with Gasteiger partial charge in [-0.3, -0.25) is 4.79 Å². The Balaban J connectivity index is 2.14. The van der Waals surface area contributed by atoms with Crippen LogP contribution in [0.2, 0.25) is 0 Å². The van der Waals surface area contributed by atoms with Gasteiger partial charge in [-0.05, 0) is 25.0 Å². The van der Waals surface area contributed by atoms with E-state index in [1.807, 2.05) is 0 Å². The molecule has 104 valence electrons. The van der Waals surface area contributed by atoms with Crippen LogP contribution < -0.4 is 4.72 Å². The van der Waals surface area contributed by atoms with Gasteiger partial charge in [-0.2, -0.15) is 0 Å². The van der Waals surface area contributed by atoms with E-state index in [-0.39, 0.29) is 16.7 Å². The first kappa shape index (κ1) is 14.2. The molecule has 0 aliphatic heterocycles. The Morgan fingerprint density at radius 3 is 2.32 bits per heavy atom. The van der Waals surface area contributed by atoms with Crippen LogP contribution in [0.25, 0.3) is 0 Å². The number of hydrogen-bond acceptors (Lipinski definition) is 3. The number of hydrogen-bond donors (Lipinski definition) is 1. The van der Waals surface area contributed by atoms with Gasteiger partial charge in [0.25, 0.3) is 0 Å². The van der Waals surface area contributed by atoms with E-state index in [1.54, 1.807) is 19.1 Å². The summed E-state index contributed by atoms with van der Waals surface area (Å²) in [5.41, 5.74) is 0.558. The molecule has 0 aromatic heterocycles. The lowest BCUT2D eigenvalue weighted by Gasteiger charge is -2.12. The molecule has 0 atom stereocenters. The van der Waals surface area contributed by atoms with Gasteiger partial charge in [0, 0.05) is 18.0 Å². The van der Waals surface area contributed by atoms with Crippen LogP contribution in [0.15, 0.2) is 29.2 Å². The fraction of sp³-hybridized carbons (Fsp3) is 0.500. The number of ketones is 1. The molecule has 0 radical (unpaired) electrons. The molecule has 1 N–H and O–H groups in total. The average Bonchev–Trinajstić information content (AvgIpc) is 2.90. The van der Waals surface area contributed by atoms with Gasteiger partial charge in [0.05, 0.1) is 4.90 Å². The number of Topliss-reactive ketones (excluding diaryl/α,β-unsaturated/α-hetero) is 1. The number of sulfonamides is 1. The van der Waals surface area contributed by atoms with Crippen molar-refractivity contribution in [1.29, 1.82) is 0 Å². The molecule has 5 heteroatoms. The molecule has 19 heavy (non-hydrogen) atoms. The van der Waals surface area contributed by atoms with Gasteiger partial charge in [-0.15, -0.1) is 0 Å². The Hall–Kier alpha value is -1.20. The first-order valence-corrected chi connectivity index (χ1v) is 8.17. The van der Waals surface area contributed by atoms with E-state index < -0.39 is 10.0 Å². The van der Waals surface area contributed by atoms with Gasteiger partial charge in [0.1, 0.15) is 0 Å². The second-order valence-electron chi connectivity index (χ2n) is 4.90. The summed E-state index contributed by atoms with van der Waals surface area (Å²) in [4.78, 5) is 11.7. The number of carbonyl (C=O) groups excluding carboxylic acids is 1. The van der Waals surface area contributed by atoms with E-state index in [9.17, 15) is 13.2 Å². The highest BCUT2D eigenvalue weighted by Gasteiger charge is 2.22. The lowest BCUT2D eigenvalue weighted by molar-refractivity contribution is 0.0988. The summed E-state index contributed by atoms with van der Waals surface area (Å²) in [7, 11) is -3.45. The highest BCUT2D eigenvalue weighted by Crippen LogP contribution is 2.20. The number of nitrogens with one attached hydrogen (secondary N) is 1. The van der Waals surface area contributed by atoms with Crippen LogP contribution in [0, 0.1) is 0 Å². The summed E-state index contributed by atoms with van der Waals surface area (Å²) in [6.07, 6.45) is 4.40. The molecule has 1 aromatic carbocycles. The van der Waals surface area contributed by atoms with Crippen LogP contribution in [0.1, 0.15) is 49.4 Å². The van der Waals surface area contributed by atoms with Crippen LogP contribution in [-0.2, 0) is 10.0 Å². The normalized spacial score (nSPS) is 16.7. The first-order valence-electron chi connectivity index (χ1n) is 6.68. The molecule has 1 fully saturated rings. The van der Waals surface area contributed by atoms with Crippen LogP contribution >= 0.6 is 0 Å². The molecule has 0 unspecified atom stereocenters. The zero-order valence-electron chi connectivity index (χ0n) is 11.1. The monoisotopic (exact) mass is 281 g/mol. The minimum Gasteiger partial charge on any atom is -0.294 e. The van der Waals surface area contributed by atoms with E-state index in [0.717, 1.165) is 25.7 Å². The predicted molar refractivity (Wildman–Crippen MR) is 73.6 cm³/mol. The molecular formula is C14H19NO3S. The Kier molecular flexibility index (Phi) is 4.37. The molecule has 0 bridgehead atoms. The molecule has 4 nitrogen and oxygen atoms in total. The number of rotatable bonds is 5. The van der Waals surface area contributed by atoms with Gasteiger partial charge in [0.15, 0.2) is 5.78 Å². The summed E-state index contributed by atoms with van der Waals surface area (Å²) >= 11 is 0. The van der Waals surface area contributed by atoms with Crippen LogP contribution in [0.4, 0.5) is 0 Å². The molecule has 0 amide bonds. The maximum atomic E-state index is 12.1. The zero-order valence-corrected chi connectivity index (χ0v) is 11.9. The fourth-order valence-corrected chi connectivity index (χ4v) is 3.66. The van der Waals surface area contributed by atoms with Crippen molar-refractivity contribution in [2.45, 2.75) is 50.0 Å². The summed E-state index contributed by atoms with van der Waals surface area (Å²) in [5.74, 6) is 0.0210. The van der Waals surface area contributed by atoms with Gasteiger partial charge in [-0.1, -0.05) is 31.9 Å². The van der Waals surface area contributed by atoms with Gasteiger partial charge >= 0.3 is 0 Å². The van der Waals surface area contributed by atoms with Crippen molar-refractivity contribution >= 4 is 15.8 Å². The zero-order chi connectivity index (χ0) is 13.9. The molecule has 1 saturated carbocycles. The quantitative estimate of drug-likeness (QED) is 0.843. The second kappa shape index (κ2) is 5.84. The maximum Gasteiger partial charge on any atom is 0.240 e. The van der Waals surface area contributed by atoms with E-state index in [1.165, 1.54) is 12.1 Å². The second-order valence-corrected chi connectivity index (χ2v) is 6.62. The summed E-state index contributed by atoms with van der Waals surface area (Å²) < 4.78 is 27.0. The number of benzene rings is 1. The molecule has 1 aliphatic rings. The largest absolute Gasteiger partial charge is 0.294 e. The minimum absolute atomic E-state index is 0.0210. The van der Waals surface area contributed by atoms with Gasteiger partial charge in [-0.25, -0.2) is 13.1 Å². The Bertz CT molecular complexity index is 543. The molecule has 1 aromatic rings. The smallest absolute Gasteiger partial charge is 0.240 e. The minimum atomic E-state index is -3.45. The third-order valence-corrected chi connectivity index (χ3v) is 5.02. The van der Waals surface area contributed by atoms with E-state index in [4.69, 9.17) is 0 Å². The summed E-state index contributed by atoms with van der Waals surface area (Å²) in [6, 6.07) is 6.21. The average molecular weight is 281 g/mol. The Morgan fingerprint density at radius 1 is 1.21 bits per heavy atom. The van der Waals surface area contributed by atoms with E-state index in [0.29, 0.717) is 12.0 Å². The van der Waals surface area contributed by atoms with E-state index in [2.05, 4.69) is 4.72 Å². The Labute approximate surface area is 114 Å². The van der Waals surface area contributed by atoms with Crippen molar-refractivity contribution in [3.63, 3.8) is 0 Å². The standard InChI is InChI=1S/C14H19NO3S/c1-2-14(16)11-7-9-13(10-8-11)19(17,18)15-12-5-3-4-6-12/h7-10,12,15H,2-6H2,1H3. The third kappa shape index (κ3) is 3.42. The molecule has 1 aliphatic carbocycles. The lowest BCUT2D eigenvalue weighted by atomic mass is 10.1. The SMILES string of the molecule is CCC(=O)c1ccc(S(=O)(=O)NC2CCCC2)cc1. The molecule has 0 spiro atoms. The third-order valence-electron chi connectivity index (χ3n) is 3.48. The fourth-order valence-electron chi connectivity index (χ4n) is 2.36. The summed E-state index contributed by atoms with van der Waals surface area (Å²) in [5, 5.41) is 0. The molecular weight excluding hydrogens is 262 g/mol. The topological polar surface area (TPSA) is 63.2 Å². The summed E-state index contributed by atoms with van der Waals surface area (Å²) in [6.45, 7) is 1.79. The molecule has 0 heterocycles. The number of carbonyl (C=O) groups is 1. The van der Waals surface area contributed by atoms with Crippen molar-refractivity contribution < 1.29 is 13.2 Å². The maximum absolute atomic E-state index is 12.1.